The van der Waals surface area contributed by atoms with Crippen LogP contribution in [-0.4, -0.2) is 31.2 Å². The predicted molar refractivity (Wildman–Crippen MR) is 73.8 cm³/mol. The quantitative estimate of drug-likeness (QED) is 0.846. The fourth-order valence-electron chi connectivity index (χ4n) is 2.71. The number of carbonyl (C=O) groups is 1. The summed E-state index contributed by atoms with van der Waals surface area (Å²) in [5, 5.41) is 2.99. The molecule has 0 atom stereocenters. The fraction of sp³-hybridized carbons (Fsp3) is 0.571. The van der Waals surface area contributed by atoms with Crippen LogP contribution < -0.4 is 11.1 Å². The van der Waals surface area contributed by atoms with Crippen LogP contribution in [-0.2, 0) is 4.74 Å². The first-order chi connectivity index (χ1) is 9.15. The number of nitrogen functional groups attached to an aromatic ring is 1. The van der Waals surface area contributed by atoms with Gasteiger partial charge in [0.1, 0.15) is 5.82 Å². The van der Waals surface area contributed by atoms with Crippen molar-refractivity contribution in [3.05, 3.63) is 23.9 Å². The first kappa shape index (κ1) is 13.8. The summed E-state index contributed by atoms with van der Waals surface area (Å²) in [6.45, 7) is 1.36. The lowest BCUT2D eigenvalue weighted by molar-refractivity contribution is 0.0740. The number of methoxy groups -OCH3 is 1. The Labute approximate surface area is 113 Å². The molecule has 0 spiro atoms. The first-order valence-corrected chi connectivity index (χ1v) is 6.64. The highest BCUT2D eigenvalue weighted by Crippen LogP contribution is 2.37. The standard InChI is InChI=1S/C14H21N3O2/c1-19-10-14(6-2-3-7-14)9-17-13(18)11-4-5-12(15)16-8-11/h4-5,8H,2-3,6-7,9-10H2,1H3,(H2,15,16)(H,17,18). The van der Waals surface area contributed by atoms with Gasteiger partial charge in [0.15, 0.2) is 0 Å². The number of pyridine rings is 1. The van der Waals surface area contributed by atoms with Crippen molar-refractivity contribution in [3.8, 4) is 0 Å². The highest BCUT2D eigenvalue weighted by atomic mass is 16.5. The van der Waals surface area contributed by atoms with Crippen molar-refractivity contribution in [2.75, 3.05) is 26.0 Å². The van der Waals surface area contributed by atoms with Gasteiger partial charge in [0.25, 0.3) is 5.91 Å². The van der Waals surface area contributed by atoms with Gasteiger partial charge in [-0.1, -0.05) is 12.8 Å². The number of aromatic nitrogens is 1. The smallest absolute Gasteiger partial charge is 0.252 e. The van der Waals surface area contributed by atoms with Crippen molar-refractivity contribution >= 4 is 11.7 Å². The van der Waals surface area contributed by atoms with Gasteiger partial charge < -0.3 is 15.8 Å². The van der Waals surface area contributed by atoms with E-state index in [0.717, 1.165) is 12.8 Å². The van der Waals surface area contributed by atoms with E-state index in [4.69, 9.17) is 10.5 Å². The summed E-state index contributed by atoms with van der Waals surface area (Å²) in [6.07, 6.45) is 6.15. The van der Waals surface area contributed by atoms with E-state index < -0.39 is 0 Å². The van der Waals surface area contributed by atoms with Crippen LogP contribution in [0.3, 0.4) is 0 Å². The Morgan fingerprint density at radius 1 is 1.47 bits per heavy atom. The van der Waals surface area contributed by atoms with E-state index in [1.807, 2.05) is 0 Å². The summed E-state index contributed by atoms with van der Waals surface area (Å²) in [6, 6.07) is 3.32. The van der Waals surface area contributed by atoms with Crippen molar-refractivity contribution in [2.24, 2.45) is 5.41 Å². The third-order valence-electron chi connectivity index (χ3n) is 3.79. The van der Waals surface area contributed by atoms with E-state index >= 15 is 0 Å². The molecule has 2 rings (SSSR count). The van der Waals surface area contributed by atoms with Crippen LogP contribution in [0.5, 0.6) is 0 Å². The minimum Gasteiger partial charge on any atom is -0.384 e. The lowest BCUT2D eigenvalue weighted by Crippen LogP contribution is -2.38. The summed E-state index contributed by atoms with van der Waals surface area (Å²) in [7, 11) is 1.71. The maximum absolute atomic E-state index is 12.0. The largest absolute Gasteiger partial charge is 0.384 e. The number of hydrogen-bond donors (Lipinski definition) is 2. The minimum absolute atomic E-state index is 0.102. The van der Waals surface area contributed by atoms with Crippen LogP contribution >= 0.6 is 0 Å². The lowest BCUT2D eigenvalue weighted by atomic mass is 9.87. The second-order valence-electron chi connectivity index (χ2n) is 5.29. The Morgan fingerprint density at radius 2 is 2.21 bits per heavy atom. The zero-order valence-corrected chi connectivity index (χ0v) is 11.3. The maximum Gasteiger partial charge on any atom is 0.252 e. The van der Waals surface area contributed by atoms with Gasteiger partial charge >= 0.3 is 0 Å². The summed E-state index contributed by atoms with van der Waals surface area (Å²) < 4.78 is 5.30. The molecule has 1 aromatic heterocycles. The summed E-state index contributed by atoms with van der Waals surface area (Å²) >= 11 is 0. The van der Waals surface area contributed by atoms with E-state index in [1.165, 1.54) is 19.0 Å². The molecule has 1 fully saturated rings. The normalized spacial score (nSPS) is 17.3. The zero-order chi connectivity index (χ0) is 13.7. The molecule has 104 valence electrons. The highest BCUT2D eigenvalue weighted by molar-refractivity contribution is 5.94. The van der Waals surface area contributed by atoms with Crippen LogP contribution in [0, 0.1) is 5.41 Å². The van der Waals surface area contributed by atoms with Gasteiger partial charge in [-0.05, 0) is 25.0 Å². The van der Waals surface area contributed by atoms with Crippen LogP contribution in [0.2, 0.25) is 0 Å². The number of nitrogens with zero attached hydrogens (tertiary/aromatic N) is 1. The molecular weight excluding hydrogens is 242 g/mol. The molecule has 1 aliphatic rings. The third kappa shape index (κ3) is 3.44. The first-order valence-electron chi connectivity index (χ1n) is 6.64. The number of amides is 1. The van der Waals surface area contributed by atoms with Gasteiger partial charge in [-0.3, -0.25) is 4.79 Å². The van der Waals surface area contributed by atoms with Gasteiger partial charge in [-0.2, -0.15) is 0 Å². The van der Waals surface area contributed by atoms with Crippen molar-refractivity contribution in [3.63, 3.8) is 0 Å². The fourth-order valence-corrected chi connectivity index (χ4v) is 2.71. The number of hydrogen-bond acceptors (Lipinski definition) is 4. The molecule has 0 saturated heterocycles. The van der Waals surface area contributed by atoms with E-state index in [0.29, 0.717) is 24.5 Å². The van der Waals surface area contributed by atoms with Crippen molar-refractivity contribution in [1.29, 1.82) is 0 Å². The Morgan fingerprint density at radius 3 is 2.79 bits per heavy atom. The zero-order valence-electron chi connectivity index (χ0n) is 11.3. The average molecular weight is 263 g/mol. The lowest BCUT2D eigenvalue weighted by Gasteiger charge is -2.28. The van der Waals surface area contributed by atoms with Gasteiger partial charge in [0, 0.05) is 25.3 Å². The molecule has 5 heteroatoms. The number of carbonyl (C=O) groups excluding carboxylic acids is 1. The predicted octanol–water partition coefficient (Wildman–Crippen LogP) is 1.60. The summed E-state index contributed by atoms with van der Waals surface area (Å²) in [5.74, 6) is 0.318. The van der Waals surface area contributed by atoms with Crippen LogP contribution in [0.15, 0.2) is 18.3 Å². The summed E-state index contributed by atoms with van der Waals surface area (Å²) in [4.78, 5) is 16.0. The van der Waals surface area contributed by atoms with Crippen LogP contribution in [0.1, 0.15) is 36.0 Å². The molecule has 0 radical (unpaired) electrons. The minimum atomic E-state index is -0.102. The average Bonchev–Trinajstić information content (AvgIpc) is 2.86. The second kappa shape index (κ2) is 6.02. The number of rotatable bonds is 5. The van der Waals surface area contributed by atoms with E-state index in [2.05, 4.69) is 10.3 Å². The molecule has 1 aromatic rings. The molecule has 0 unspecified atom stereocenters. The SMILES string of the molecule is COCC1(CNC(=O)c2ccc(N)nc2)CCCC1. The Bertz CT molecular complexity index is 425. The van der Waals surface area contributed by atoms with Crippen LogP contribution in [0.4, 0.5) is 5.82 Å². The van der Waals surface area contributed by atoms with E-state index in [1.54, 1.807) is 19.2 Å². The van der Waals surface area contributed by atoms with E-state index in [-0.39, 0.29) is 11.3 Å². The van der Waals surface area contributed by atoms with Crippen molar-refractivity contribution < 1.29 is 9.53 Å². The van der Waals surface area contributed by atoms with Crippen molar-refractivity contribution in [2.45, 2.75) is 25.7 Å². The molecule has 1 saturated carbocycles. The third-order valence-corrected chi connectivity index (χ3v) is 3.79. The molecule has 0 aliphatic heterocycles. The Balaban J connectivity index is 1.93. The molecule has 1 heterocycles. The van der Waals surface area contributed by atoms with E-state index in [9.17, 15) is 4.79 Å². The second-order valence-corrected chi connectivity index (χ2v) is 5.29. The number of anilines is 1. The highest BCUT2D eigenvalue weighted by Gasteiger charge is 2.34. The number of ether oxygens (including phenoxy) is 1. The number of nitrogens with one attached hydrogen (secondary N) is 1. The van der Waals surface area contributed by atoms with Gasteiger partial charge in [-0.25, -0.2) is 4.98 Å². The number of nitrogens with two attached hydrogens (primary N) is 1. The maximum atomic E-state index is 12.0. The molecular formula is C14H21N3O2. The Kier molecular flexibility index (Phi) is 4.37. The summed E-state index contributed by atoms with van der Waals surface area (Å²) in [5.41, 5.74) is 6.15. The molecule has 3 N–H and O–H groups in total. The monoisotopic (exact) mass is 263 g/mol. The van der Waals surface area contributed by atoms with Crippen molar-refractivity contribution in [1.82, 2.24) is 10.3 Å². The van der Waals surface area contributed by atoms with Crippen LogP contribution in [0.25, 0.3) is 0 Å². The molecule has 5 nitrogen and oxygen atoms in total. The molecule has 1 aliphatic carbocycles. The molecule has 1 amide bonds. The topological polar surface area (TPSA) is 77.2 Å². The van der Waals surface area contributed by atoms with Gasteiger partial charge in [0.05, 0.1) is 12.2 Å². The molecule has 19 heavy (non-hydrogen) atoms. The Hall–Kier alpha value is -1.62. The van der Waals surface area contributed by atoms with Gasteiger partial charge in [-0.15, -0.1) is 0 Å². The van der Waals surface area contributed by atoms with Gasteiger partial charge in [0.2, 0.25) is 0 Å². The molecule has 0 bridgehead atoms. The molecule has 0 aromatic carbocycles.